The minimum absolute atomic E-state index is 0.0961. The van der Waals surface area contributed by atoms with Crippen molar-refractivity contribution in [3.63, 3.8) is 0 Å². The van der Waals surface area contributed by atoms with Gasteiger partial charge in [-0.05, 0) is 31.1 Å². The second-order valence-electron chi connectivity index (χ2n) is 6.60. The van der Waals surface area contributed by atoms with Crippen molar-refractivity contribution >= 4 is 12.0 Å². The predicted octanol–water partition coefficient (Wildman–Crippen LogP) is 1.55. The summed E-state index contributed by atoms with van der Waals surface area (Å²) in [7, 11) is 0. The van der Waals surface area contributed by atoms with Crippen LogP contribution in [0.2, 0.25) is 0 Å². The second-order valence-corrected chi connectivity index (χ2v) is 6.60. The van der Waals surface area contributed by atoms with Gasteiger partial charge in [0.25, 0.3) is 0 Å². The molecular weight excluding hydrogens is 272 g/mol. The number of urea groups is 1. The molecule has 2 aliphatic heterocycles. The Hall–Kier alpha value is -1.30. The highest BCUT2D eigenvalue weighted by Gasteiger charge is 2.41. The lowest BCUT2D eigenvalue weighted by atomic mass is 9.77. The van der Waals surface area contributed by atoms with Crippen LogP contribution in [0.15, 0.2) is 0 Å². The van der Waals surface area contributed by atoms with Crippen molar-refractivity contribution in [2.75, 3.05) is 32.8 Å². The molecule has 1 N–H and O–H groups in total. The number of likely N-dealkylation sites (tertiary alicyclic amines) is 1. The van der Waals surface area contributed by atoms with Crippen molar-refractivity contribution in [1.82, 2.24) is 9.80 Å². The van der Waals surface area contributed by atoms with E-state index >= 15 is 0 Å². The average Bonchev–Trinajstić information content (AvgIpc) is 2.95. The summed E-state index contributed by atoms with van der Waals surface area (Å²) >= 11 is 0. The van der Waals surface area contributed by atoms with Crippen molar-refractivity contribution in [3.8, 4) is 0 Å². The summed E-state index contributed by atoms with van der Waals surface area (Å²) in [5.74, 6) is -0.979. The van der Waals surface area contributed by atoms with E-state index in [9.17, 15) is 14.7 Å². The Bertz CT molecular complexity index is 410. The van der Waals surface area contributed by atoms with Crippen LogP contribution in [-0.4, -0.2) is 65.8 Å². The van der Waals surface area contributed by atoms with Crippen molar-refractivity contribution in [1.29, 1.82) is 0 Å². The van der Waals surface area contributed by atoms with E-state index in [4.69, 9.17) is 4.74 Å². The van der Waals surface area contributed by atoms with Gasteiger partial charge >= 0.3 is 12.0 Å². The maximum Gasteiger partial charge on any atom is 0.328 e. The van der Waals surface area contributed by atoms with Gasteiger partial charge in [-0.3, -0.25) is 0 Å². The Morgan fingerprint density at radius 1 is 1.05 bits per heavy atom. The molecule has 3 rings (SSSR count). The molecule has 2 heterocycles. The molecule has 6 heteroatoms. The Morgan fingerprint density at radius 3 is 2.33 bits per heavy atom. The largest absolute Gasteiger partial charge is 0.480 e. The number of ether oxygens (including phenoxy) is 1. The number of carbonyl (C=O) groups is 2. The molecule has 0 aromatic carbocycles. The normalized spacial score (nSPS) is 28.9. The lowest BCUT2D eigenvalue weighted by Crippen LogP contribution is -2.58. The third-order valence-electron chi connectivity index (χ3n) is 5.42. The van der Waals surface area contributed by atoms with Gasteiger partial charge in [-0.25, -0.2) is 9.59 Å². The fourth-order valence-electron chi connectivity index (χ4n) is 4.02. The summed E-state index contributed by atoms with van der Waals surface area (Å²) in [5.41, 5.74) is 0.466. The maximum absolute atomic E-state index is 12.6. The van der Waals surface area contributed by atoms with E-state index in [1.165, 1.54) is 30.6 Å². The molecule has 1 atom stereocenters. The molecule has 2 saturated heterocycles. The smallest absolute Gasteiger partial charge is 0.328 e. The Labute approximate surface area is 125 Å². The molecule has 0 bridgehead atoms. The lowest BCUT2D eigenvalue weighted by Gasteiger charge is -2.43. The summed E-state index contributed by atoms with van der Waals surface area (Å²) in [4.78, 5) is 27.2. The third-order valence-corrected chi connectivity index (χ3v) is 5.42. The summed E-state index contributed by atoms with van der Waals surface area (Å²) < 4.78 is 5.19. The number of carbonyl (C=O) groups excluding carboxylic acids is 1. The first-order valence-corrected chi connectivity index (χ1v) is 7.97. The number of hydrogen-bond acceptors (Lipinski definition) is 3. The molecule has 0 aromatic rings. The molecule has 21 heavy (non-hydrogen) atoms. The molecule has 1 aliphatic carbocycles. The fourth-order valence-corrected chi connectivity index (χ4v) is 4.02. The van der Waals surface area contributed by atoms with Gasteiger partial charge in [0, 0.05) is 19.6 Å². The first-order valence-electron chi connectivity index (χ1n) is 7.97. The van der Waals surface area contributed by atoms with E-state index in [0.29, 0.717) is 18.6 Å². The monoisotopic (exact) mass is 296 g/mol. The molecule has 0 radical (unpaired) electrons. The van der Waals surface area contributed by atoms with E-state index in [1.54, 1.807) is 0 Å². The van der Waals surface area contributed by atoms with Crippen LogP contribution in [0, 0.1) is 5.41 Å². The van der Waals surface area contributed by atoms with Crippen LogP contribution >= 0.6 is 0 Å². The number of aliphatic carboxylic acids is 1. The zero-order chi connectivity index (χ0) is 14.9. The standard InChI is InChI=1S/C15H24N2O4/c18-13(19)12-11-21-10-9-17(12)14(20)16-7-5-15(6-8-16)3-1-2-4-15/h12H,1-11H2,(H,18,19). The highest BCUT2D eigenvalue weighted by atomic mass is 16.5. The topological polar surface area (TPSA) is 70.1 Å². The highest BCUT2D eigenvalue weighted by molar-refractivity contribution is 5.83. The number of carboxylic acids is 1. The summed E-state index contributed by atoms with van der Waals surface area (Å²) in [5, 5.41) is 9.23. The van der Waals surface area contributed by atoms with E-state index in [1.807, 2.05) is 4.90 Å². The second kappa shape index (κ2) is 5.83. The van der Waals surface area contributed by atoms with E-state index in [0.717, 1.165) is 25.9 Å². The average molecular weight is 296 g/mol. The van der Waals surface area contributed by atoms with E-state index in [2.05, 4.69) is 0 Å². The molecule has 6 nitrogen and oxygen atoms in total. The highest BCUT2D eigenvalue weighted by Crippen LogP contribution is 2.46. The van der Waals surface area contributed by atoms with Gasteiger partial charge in [0.15, 0.2) is 6.04 Å². The molecule has 3 fully saturated rings. The molecule has 1 spiro atoms. The summed E-state index contributed by atoms with van der Waals surface area (Å²) in [6.07, 6.45) is 7.37. The van der Waals surface area contributed by atoms with Gasteiger partial charge in [-0.1, -0.05) is 12.8 Å². The molecule has 1 saturated carbocycles. The van der Waals surface area contributed by atoms with Crippen LogP contribution in [-0.2, 0) is 9.53 Å². The Balaban J connectivity index is 1.61. The van der Waals surface area contributed by atoms with Crippen LogP contribution in [0.25, 0.3) is 0 Å². The number of hydrogen-bond donors (Lipinski definition) is 1. The number of rotatable bonds is 1. The Kier molecular flexibility index (Phi) is 4.06. The van der Waals surface area contributed by atoms with E-state index < -0.39 is 12.0 Å². The third kappa shape index (κ3) is 2.86. The van der Waals surface area contributed by atoms with Crippen LogP contribution < -0.4 is 0 Å². The Morgan fingerprint density at radius 2 is 1.71 bits per heavy atom. The summed E-state index contributed by atoms with van der Waals surface area (Å²) in [6, 6.07) is -0.966. The van der Waals surface area contributed by atoms with Crippen LogP contribution in [0.3, 0.4) is 0 Å². The zero-order valence-corrected chi connectivity index (χ0v) is 12.4. The van der Waals surface area contributed by atoms with Crippen LogP contribution in [0.1, 0.15) is 38.5 Å². The molecule has 2 amide bonds. The lowest BCUT2D eigenvalue weighted by molar-refractivity contribution is -0.147. The van der Waals surface area contributed by atoms with Gasteiger partial charge in [0.2, 0.25) is 0 Å². The maximum atomic E-state index is 12.6. The first kappa shape index (κ1) is 14.6. The first-order chi connectivity index (χ1) is 10.1. The number of amides is 2. The van der Waals surface area contributed by atoms with Crippen LogP contribution in [0.4, 0.5) is 4.79 Å². The minimum atomic E-state index is -0.979. The van der Waals surface area contributed by atoms with Crippen molar-refractivity contribution in [2.45, 2.75) is 44.6 Å². The SMILES string of the molecule is O=C(O)C1COCCN1C(=O)N1CCC2(CCCC2)CC1. The van der Waals surface area contributed by atoms with Crippen molar-refractivity contribution < 1.29 is 19.4 Å². The van der Waals surface area contributed by atoms with E-state index in [-0.39, 0.29) is 12.6 Å². The zero-order valence-electron chi connectivity index (χ0n) is 12.4. The predicted molar refractivity (Wildman–Crippen MR) is 76.1 cm³/mol. The number of morpholine rings is 1. The van der Waals surface area contributed by atoms with Gasteiger partial charge in [-0.2, -0.15) is 0 Å². The van der Waals surface area contributed by atoms with Crippen molar-refractivity contribution in [2.24, 2.45) is 5.41 Å². The minimum Gasteiger partial charge on any atom is -0.480 e. The van der Waals surface area contributed by atoms with Gasteiger partial charge in [-0.15, -0.1) is 0 Å². The fraction of sp³-hybridized carbons (Fsp3) is 0.867. The quantitative estimate of drug-likeness (QED) is 0.797. The molecule has 3 aliphatic rings. The summed E-state index contributed by atoms with van der Waals surface area (Å²) in [6.45, 7) is 2.43. The van der Waals surface area contributed by atoms with Gasteiger partial charge < -0.3 is 19.6 Å². The number of nitrogens with zero attached hydrogens (tertiary/aromatic N) is 2. The molecule has 118 valence electrons. The number of carboxylic acid groups (broad SMARTS) is 1. The molecule has 1 unspecified atom stereocenters. The molecule has 0 aromatic heterocycles. The number of piperidine rings is 1. The van der Waals surface area contributed by atoms with Crippen LogP contribution in [0.5, 0.6) is 0 Å². The van der Waals surface area contributed by atoms with Gasteiger partial charge in [0.1, 0.15) is 0 Å². The van der Waals surface area contributed by atoms with Crippen molar-refractivity contribution in [3.05, 3.63) is 0 Å². The van der Waals surface area contributed by atoms with Gasteiger partial charge in [0.05, 0.1) is 13.2 Å². The molecular formula is C15H24N2O4.